The first-order valence-corrected chi connectivity index (χ1v) is 11.5. The molecule has 1 aliphatic rings. The molecule has 168 valence electrons. The van der Waals surface area contributed by atoms with Crippen molar-refractivity contribution in [2.75, 3.05) is 10.6 Å². The molecule has 2 aromatic carbocycles. The van der Waals surface area contributed by atoms with Crippen LogP contribution < -0.4 is 10.6 Å². The molecule has 0 saturated carbocycles. The minimum Gasteiger partial charge on any atom is -0.481 e. The summed E-state index contributed by atoms with van der Waals surface area (Å²) < 4.78 is 0. The molecule has 0 heterocycles. The van der Waals surface area contributed by atoms with Crippen molar-refractivity contribution in [3.8, 4) is 0 Å². The number of benzene rings is 2. The lowest BCUT2D eigenvalue weighted by molar-refractivity contribution is -0.146. The Hall–Kier alpha value is -3.06. The smallest absolute Gasteiger partial charge is 0.307 e. The van der Waals surface area contributed by atoms with E-state index in [1.54, 1.807) is 12.1 Å². The summed E-state index contributed by atoms with van der Waals surface area (Å²) in [7, 11) is 0. The van der Waals surface area contributed by atoms with Gasteiger partial charge in [-0.15, -0.1) is 11.8 Å². The number of carboxylic acids is 1. The average Bonchev–Trinajstić information content (AvgIpc) is 2.78. The van der Waals surface area contributed by atoms with Crippen LogP contribution in [-0.2, 0) is 14.4 Å². The minimum absolute atomic E-state index is 0.0776. The summed E-state index contributed by atoms with van der Waals surface area (Å²) in [6, 6.07) is 13.1. The Bertz CT molecular complexity index is 1030. The summed E-state index contributed by atoms with van der Waals surface area (Å²) in [5.74, 6) is -2.60. The molecule has 7 heteroatoms. The van der Waals surface area contributed by atoms with E-state index in [1.165, 1.54) is 11.8 Å². The van der Waals surface area contributed by atoms with Gasteiger partial charge in [0.05, 0.1) is 17.1 Å². The summed E-state index contributed by atoms with van der Waals surface area (Å²) in [6.45, 7) is 5.85. The molecule has 3 rings (SSSR count). The van der Waals surface area contributed by atoms with Gasteiger partial charge in [-0.1, -0.05) is 24.3 Å². The summed E-state index contributed by atoms with van der Waals surface area (Å²) >= 11 is 1.43. The highest BCUT2D eigenvalue weighted by Gasteiger charge is 2.33. The molecule has 3 unspecified atom stereocenters. The van der Waals surface area contributed by atoms with Crippen LogP contribution in [0.5, 0.6) is 0 Å². The highest BCUT2D eigenvalue weighted by atomic mass is 32.2. The molecule has 0 radical (unpaired) electrons. The van der Waals surface area contributed by atoms with Crippen LogP contribution in [0.2, 0.25) is 0 Å². The zero-order chi connectivity index (χ0) is 23.3. The van der Waals surface area contributed by atoms with Gasteiger partial charge in [0.1, 0.15) is 0 Å². The Morgan fingerprint density at radius 1 is 0.969 bits per heavy atom. The third-order valence-corrected chi connectivity index (χ3v) is 6.86. The molecule has 32 heavy (non-hydrogen) atoms. The molecular weight excluding hydrogens is 424 g/mol. The van der Waals surface area contributed by atoms with Gasteiger partial charge in [-0.3, -0.25) is 14.4 Å². The van der Waals surface area contributed by atoms with Crippen LogP contribution in [0, 0.1) is 25.7 Å². The topological polar surface area (TPSA) is 95.5 Å². The van der Waals surface area contributed by atoms with Crippen LogP contribution in [0.4, 0.5) is 11.4 Å². The van der Waals surface area contributed by atoms with E-state index in [0.717, 1.165) is 21.7 Å². The maximum Gasteiger partial charge on any atom is 0.307 e. The Morgan fingerprint density at radius 2 is 1.62 bits per heavy atom. The molecule has 0 fully saturated rings. The Labute approximate surface area is 192 Å². The van der Waals surface area contributed by atoms with Crippen molar-refractivity contribution in [1.29, 1.82) is 0 Å². The third-order valence-electron chi connectivity index (χ3n) is 5.75. The number of hydrogen-bond donors (Lipinski definition) is 3. The van der Waals surface area contributed by atoms with Crippen molar-refractivity contribution in [3.63, 3.8) is 0 Å². The van der Waals surface area contributed by atoms with Crippen LogP contribution in [-0.4, -0.2) is 28.1 Å². The van der Waals surface area contributed by atoms with Crippen molar-refractivity contribution >= 4 is 40.9 Å². The normalized spacial score (nSPS) is 18.6. The lowest BCUT2D eigenvalue weighted by Gasteiger charge is -2.24. The number of aryl methyl sites for hydroxylation is 1. The fourth-order valence-electron chi connectivity index (χ4n) is 3.61. The number of carbonyl (C=O) groups is 3. The SMILES string of the molecule is Cc1cccc(NC(=O)C(C)Sc2ccc(NC(=O)C3CC=CCC3C(=O)O)cc2)c1C. The lowest BCUT2D eigenvalue weighted by atomic mass is 9.82. The number of amides is 2. The number of rotatable bonds is 7. The van der Waals surface area contributed by atoms with Gasteiger partial charge in [0.15, 0.2) is 0 Å². The van der Waals surface area contributed by atoms with Gasteiger partial charge >= 0.3 is 5.97 Å². The molecule has 2 aromatic rings. The number of carboxylic acid groups (broad SMARTS) is 1. The van der Waals surface area contributed by atoms with Crippen molar-refractivity contribution in [3.05, 3.63) is 65.7 Å². The Morgan fingerprint density at radius 3 is 2.28 bits per heavy atom. The predicted molar refractivity (Wildman–Crippen MR) is 128 cm³/mol. The van der Waals surface area contributed by atoms with Crippen LogP contribution in [0.25, 0.3) is 0 Å². The van der Waals surface area contributed by atoms with E-state index < -0.39 is 17.8 Å². The monoisotopic (exact) mass is 452 g/mol. The maximum absolute atomic E-state index is 12.6. The van der Waals surface area contributed by atoms with Crippen LogP contribution >= 0.6 is 11.8 Å². The summed E-state index contributed by atoms with van der Waals surface area (Å²) in [5, 5.41) is 14.9. The number of anilines is 2. The number of nitrogens with one attached hydrogen (secondary N) is 2. The van der Waals surface area contributed by atoms with Gasteiger partial charge in [-0.25, -0.2) is 0 Å². The molecule has 0 bridgehead atoms. The second kappa shape index (κ2) is 10.5. The molecule has 1 aliphatic carbocycles. The van der Waals surface area contributed by atoms with Gasteiger partial charge in [-0.05, 0) is 75.1 Å². The molecule has 0 aliphatic heterocycles. The quantitative estimate of drug-likeness (QED) is 0.405. The number of carbonyl (C=O) groups excluding carboxylic acids is 2. The number of hydrogen-bond acceptors (Lipinski definition) is 4. The van der Waals surface area contributed by atoms with Crippen LogP contribution in [0.15, 0.2) is 59.5 Å². The van der Waals surface area contributed by atoms with Crippen LogP contribution in [0.3, 0.4) is 0 Å². The van der Waals surface area contributed by atoms with Crippen LogP contribution in [0.1, 0.15) is 30.9 Å². The molecule has 2 amide bonds. The molecule has 6 nitrogen and oxygen atoms in total. The molecule has 3 N–H and O–H groups in total. The highest BCUT2D eigenvalue weighted by molar-refractivity contribution is 8.00. The van der Waals surface area contributed by atoms with Gasteiger partial charge in [0.2, 0.25) is 11.8 Å². The number of aliphatic carboxylic acids is 1. The average molecular weight is 453 g/mol. The largest absolute Gasteiger partial charge is 0.481 e. The standard InChI is InChI=1S/C25H28N2O4S/c1-15-7-6-10-22(16(15)2)27-23(28)17(3)32-19-13-11-18(12-14-19)26-24(29)20-8-4-5-9-21(20)25(30)31/h4-7,10-14,17,20-21H,8-9H2,1-3H3,(H,26,29)(H,27,28)(H,30,31). The Kier molecular flexibility index (Phi) is 7.75. The van der Waals surface area contributed by atoms with Gasteiger partial charge in [-0.2, -0.15) is 0 Å². The molecule has 0 aromatic heterocycles. The first-order valence-electron chi connectivity index (χ1n) is 10.6. The van der Waals surface area contributed by atoms with E-state index in [1.807, 2.05) is 63.3 Å². The van der Waals surface area contributed by atoms with Crippen molar-refractivity contribution in [2.45, 2.75) is 43.8 Å². The molecule has 0 saturated heterocycles. The molecular formula is C25H28N2O4S. The van der Waals surface area contributed by atoms with E-state index in [2.05, 4.69) is 10.6 Å². The second-order valence-electron chi connectivity index (χ2n) is 8.00. The highest BCUT2D eigenvalue weighted by Crippen LogP contribution is 2.29. The van der Waals surface area contributed by atoms with E-state index in [4.69, 9.17) is 0 Å². The van der Waals surface area contributed by atoms with Gasteiger partial charge in [0.25, 0.3) is 0 Å². The lowest BCUT2D eigenvalue weighted by Crippen LogP contribution is -2.34. The zero-order valence-electron chi connectivity index (χ0n) is 18.4. The van der Waals surface area contributed by atoms with Crippen molar-refractivity contribution < 1.29 is 19.5 Å². The fourth-order valence-corrected chi connectivity index (χ4v) is 4.47. The third kappa shape index (κ3) is 5.79. The maximum atomic E-state index is 12.6. The summed E-state index contributed by atoms with van der Waals surface area (Å²) in [6.07, 6.45) is 4.45. The first kappa shape index (κ1) is 23.6. The van der Waals surface area contributed by atoms with Gasteiger partial charge in [0, 0.05) is 16.3 Å². The van der Waals surface area contributed by atoms with E-state index in [0.29, 0.717) is 18.5 Å². The summed E-state index contributed by atoms with van der Waals surface area (Å²) in [4.78, 5) is 37.5. The summed E-state index contributed by atoms with van der Waals surface area (Å²) in [5.41, 5.74) is 3.60. The fraction of sp³-hybridized carbons (Fsp3) is 0.320. The van der Waals surface area contributed by atoms with E-state index in [-0.39, 0.29) is 17.1 Å². The zero-order valence-corrected chi connectivity index (χ0v) is 19.2. The number of thioether (sulfide) groups is 1. The first-order chi connectivity index (χ1) is 15.3. The van der Waals surface area contributed by atoms with E-state index in [9.17, 15) is 19.5 Å². The molecule has 0 spiro atoms. The van der Waals surface area contributed by atoms with Crippen molar-refractivity contribution in [1.82, 2.24) is 0 Å². The Balaban J connectivity index is 1.57. The minimum atomic E-state index is -0.950. The van der Waals surface area contributed by atoms with Gasteiger partial charge < -0.3 is 15.7 Å². The second-order valence-corrected chi connectivity index (χ2v) is 9.42. The predicted octanol–water partition coefficient (Wildman–Crippen LogP) is 5.03. The molecule has 3 atom stereocenters. The van der Waals surface area contributed by atoms with Crippen molar-refractivity contribution in [2.24, 2.45) is 11.8 Å². The number of allylic oxidation sites excluding steroid dienone is 2. The van der Waals surface area contributed by atoms with E-state index >= 15 is 0 Å².